The van der Waals surface area contributed by atoms with Gasteiger partial charge in [-0.2, -0.15) is 0 Å². The average molecular weight is 495 g/mol. The quantitative estimate of drug-likeness (QED) is 0.399. The van der Waals surface area contributed by atoms with E-state index >= 15 is 0 Å². The monoisotopic (exact) mass is 494 g/mol. The van der Waals surface area contributed by atoms with E-state index in [9.17, 15) is 13.2 Å². The maximum Gasteiger partial charge on any atom is 0.264 e. The SMILES string of the molecule is CC[C@H](NC(=O)CN(c1ccc(C(C)C)cc1)S(=O)(=O)c1ccc(C)cc1)c1ccc(OC)cc1. The summed E-state index contributed by atoms with van der Waals surface area (Å²) in [5, 5.41) is 3.00. The zero-order chi connectivity index (χ0) is 25.6. The van der Waals surface area contributed by atoms with Crippen LogP contribution in [-0.2, 0) is 14.8 Å². The van der Waals surface area contributed by atoms with Crippen LogP contribution >= 0.6 is 0 Å². The highest BCUT2D eigenvalue weighted by atomic mass is 32.2. The van der Waals surface area contributed by atoms with Crippen molar-refractivity contribution < 1.29 is 17.9 Å². The first-order valence-corrected chi connectivity index (χ1v) is 13.2. The number of methoxy groups -OCH3 is 1. The van der Waals surface area contributed by atoms with Crippen molar-refractivity contribution in [3.63, 3.8) is 0 Å². The van der Waals surface area contributed by atoms with E-state index in [4.69, 9.17) is 4.74 Å². The first kappa shape index (κ1) is 26.3. The van der Waals surface area contributed by atoms with Crippen LogP contribution in [0.5, 0.6) is 5.75 Å². The minimum Gasteiger partial charge on any atom is -0.497 e. The summed E-state index contributed by atoms with van der Waals surface area (Å²) in [5.74, 6) is 0.663. The van der Waals surface area contributed by atoms with Gasteiger partial charge < -0.3 is 10.1 Å². The lowest BCUT2D eigenvalue weighted by Crippen LogP contribution is -2.42. The van der Waals surface area contributed by atoms with Crippen LogP contribution in [0.2, 0.25) is 0 Å². The molecule has 186 valence electrons. The highest BCUT2D eigenvalue weighted by Gasteiger charge is 2.28. The highest BCUT2D eigenvalue weighted by molar-refractivity contribution is 7.92. The van der Waals surface area contributed by atoms with Crippen molar-refractivity contribution in [2.45, 2.75) is 51.0 Å². The molecule has 0 heterocycles. The van der Waals surface area contributed by atoms with E-state index in [-0.39, 0.29) is 23.4 Å². The van der Waals surface area contributed by atoms with Crippen LogP contribution in [-0.4, -0.2) is 28.0 Å². The molecule has 0 radical (unpaired) electrons. The third kappa shape index (κ3) is 6.42. The van der Waals surface area contributed by atoms with Crippen molar-refractivity contribution >= 4 is 21.6 Å². The molecule has 3 aromatic carbocycles. The topological polar surface area (TPSA) is 75.7 Å². The second-order valence-corrected chi connectivity index (χ2v) is 10.7. The van der Waals surface area contributed by atoms with E-state index in [1.54, 1.807) is 43.5 Å². The van der Waals surface area contributed by atoms with Gasteiger partial charge in [-0.25, -0.2) is 8.42 Å². The molecule has 3 aromatic rings. The van der Waals surface area contributed by atoms with Crippen LogP contribution < -0.4 is 14.4 Å². The third-order valence-corrected chi connectivity index (χ3v) is 7.79. The molecule has 1 N–H and O–H groups in total. The maximum atomic E-state index is 13.6. The van der Waals surface area contributed by atoms with Gasteiger partial charge in [0.05, 0.1) is 23.7 Å². The number of aryl methyl sites for hydroxylation is 1. The van der Waals surface area contributed by atoms with Gasteiger partial charge in [-0.1, -0.05) is 62.7 Å². The molecule has 7 heteroatoms. The number of rotatable bonds is 10. The van der Waals surface area contributed by atoms with Crippen molar-refractivity contribution in [3.05, 3.63) is 89.5 Å². The molecule has 0 unspecified atom stereocenters. The van der Waals surface area contributed by atoms with Crippen LogP contribution in [0.3, 0.4) is 0 Å². The summed E-state index contributed by atoms with van der Waals surface area (Å²) in [6, 6.07) is 21.2. The van der Waals surface area contributed by atoms with Gasteiger partial charge in [0.15, 0.2) is 0 Å². The lowest BCUT2D eigenvalue weighted by molar-refractivity contribution is -0.120. The average Bonchev–Trinajstić information content (AvgIpc) is 2.86. The van der Waals surface area contributed by atoms with Gasteiger partial charge in [-0.05, 0) is 66.8 Å². The van der Waals surface area contributed by atoms with Crippen molar-refractivity contribution in [1.29, 1.82) is 0 Å². The minimum absolute atomic E-state index is 0.144. The van der Waals surface area contributed by atoms with E-state index in [2.05, 4.69) is 19.2 Å². The zero-order valence-electron chi connectivity index (χ0n) is 21.0. The molecular formula is C28H34N2O4S. The number of anilines is 1. The lowest BCUT2D eigenvalue weighted by Gasteiger charge is -2.26. The lowest BCUT2D eigenvalue weighted by atomic mass is 10.0. The third-order valence-electron chi connectivity index (χ3n) is 6.01. The molecule has 3 rings (SSSR count). The van der Waals surface area contributed by atoms with Gasteiger partial charge >= 0.3 is 0 Å². The maximum absolute atomic E-state index is 13.6. The summed E-state index contributed by atoms with van der Waals surface area (Å²) in [6.07, 6.45) is 0.659. The standard InChI is InChI=1S/C28H34N2O4S/c1-6-27(23-11-15-25(34-5)16-12-23)29-28(31)19-30(24-13-9-22(10-14-24)20(2)3)35(32,33)26-17-7-21(4)8-18-26/h7-18,20,27H,6,19H2,1-5H3,(H,29,31)/t27-/m0/s1. The highest BCUT2D eigenvalue weighted by Crippen LogP contribution is 2.27. The van der Waals surface area contributed by atoms with E-state index < -0.39 is 10.0 Å². The Kier molecular flexibility index (Phi) is 8.57. The molecule has 0 fully saturated rings. The predicted octanol–water partition coefficient (Wildman–Crippen LogP) is 5.59. The van der Waals surface area contributed by atoms with Gasteiger partial charge in [-0.3, -0.25) is 9.10 Å². The van der Waals surface area contributed by atoms with Crippen molar-refractivity contribution in [3.8, 4) is 5.75 Å². The van der Waals surface area contributed by atoms with E-state index in [1.807, 2.05) is 50.2 Å². The molecule has 6 nitrogen and oxygen atoms in total. The van der Waals surface area contributed by atoms with Gasteiger partial charge in [0.1, 0.15) is 12.3 Å². The fourth-order valence-electron chi connectivity index (χ4n) is 3.81. The Morgan fingerprint density at radius 2 is 1.49 bits per heavy atom. The van der Waals surface area contributed by atoms with E-state index in [0.717, 1.165) is 22.4 Å². The number of carbonyl (C=O) groups is 1. The first-order chi connectivity index (χ1) is 16.6. The van der Waals surface area contributed by atoms with Crippen molar-refractivity contribution in [1.82, 2.24) is 5.32 Å². The summed E-state index contributed by atoms with van der Waals surface area (Å²) in [5.41, 5.74) is 3.43. The molecule has 0 saturated heterocycles. The number of sulfonamides is 1. The van der Waals surface area contributed by atoms with Crippen LogP contribution in [0.4, 0.5) is 5.69 Å². The summed E-state index contributed by atoms with van der Waals surface area (Å²) < 4.78 is 33.6. The number of carbonyl (C=O) groups excluding carboxylic acids is 1. The Morgan fingerprint density at radius 3 is 2.00 bits per heavy atom. The Morgan fingerprint density at radius 1 is 0.914 bits per heavy atom. The Labute approximate surface area is 209 Å². The van der Waals surface area contributed by atoms with Gasteiger partial charge in [0.2, 0.25) is 5.91 Å². The van der Waals surface area contributed by atoms with Crippen molar-refractivity contribution in [2.75, 3.05) is 18.0 Å². The molecule has 0 aliphatic carbocycles. The van der Waals surface area contributed by atoms with Crippen LogP contribution in [0.15, 0.2) is 77.7 Å². The van der Waals surface area contributed by atoms with E-state index in [0.29, 0.717) is 18.0 Å². The fourth-order valence-corrected chi connectivity index (χ4v) is 5.23. The number of nitrogens with zero attached hydrogens (tertiary/aromatic N) is 1. The summed E-state index contributed by atoms with van der Waals surface area (Å²) in [4.78, 5) is 13.3. The molecule has 0 saturated carbocycles. The Balaban J connectivity index is 1.90. The van der Waals surface area contributed by atoms with Crippen LogP contribution in [0.1, 0.15) is 55.8 Å². The second-order valence-electron chi connectivity index (χ2n) is 8.87. The zero-order valence-corrected chi connectivity index (χ0v) is 21.8. The smallest absolute Gasteiger partial charge is 0.264 e. The molecule has 0 aliphatic rings. The number of benzene rings is 3. The largest absolute Gasteiger partial charge is 0.497 e. The molecule has 0 aromatic heterocycles. The molecule has 0 spiro atoms. The summed E-state index contributed by atoms with van der Waals surface area (Å²) in [6.45, 7) is 7.70. The number of hydrogen-bond donors (Lipinski definition) is 1. The number of amides is 1. The van der Waals surface area contributed by atoms with Crippen LogP contribution in [0, 0.1) is 6.92 Å². The van der Waals surface area contributed by atoms with Gasteiger partial charge in [-0.15, -0.1) is 0 Å². The molecule has 35 heavy (non-hydrogen) atoms. The minimum atomic E-state index is -3.96. The molecule has 1 atom stereocenters. The van der Waals surface area contributed by atoms with Gasteiger partial charge in [0, 0.05) is 0 Å². The number of ether oxygens (including phenoxy) is 1. The fraction of sp³-hybridized carbons (Fsp3) is 0.321. The Bertz CT molecular complexity index is 1220. The predicted molar refractivity (Wildman–Crippen MR) is 140 cm³/mol. The first-order valence-electron chi connectivity index (χ1n) is 11.8. The number of hydrogen-bond acceptors (Lipinski definition) is 4. The number of nitrogens with one attached hydrogen (secondary N) is 1. The van der Waals surface area contributed by atoms with Gasteiger partial charge in [0.25, 0.3) is 10.0 Å². The summed E-state index contributed by atoms with van der Waals surface area (Å²) in [7, 11) is -2.36. The molecule has 0 bridgehead atoms. The molecule has 0 aliphatic heterocycles. The Hall–Kier alpha value is -3.32. The molecular weight excluding hydrogens is 460 g/mol. The summed E-state index contributed by atoms with van der Waals surface area (Å²) >= 11 is 0. The molecule has 1 amide bonds. The second kappa shape index (κ2) is 11.4. The van der Waals surface area contributed by atoms with Crippen molar-refractivity contribution in [2.24, 2.45) is 0 Å². The van der Waals surface area contributed by atoms with Crippen LogP contribution in [0.25, 0.3) is 0 Å². The van der Waals surface area contributed by atoms with E-state index in [1.165, 1.54) is 4.31 Å². The normalized spacial score (nSPS) is 12.3.